The van der Waals surface area contributed by atoms with Gasteiger partial charge in [0.05, 0.1) is 31.6 Å². The number of rotatable bonds is 9. The van der Waals surface area contributed by atoms with Crippen LogP contribution in [0.4, 0.5) is 0 Å². The summed E-state index contributed by atoms with van der Waals surface area (Å²) in [6.45, 7) is 5.18. The first-order valence-corrected chi connectivity index (χ1v) is 13.0. The summed E-state index contributed by atoms with van der Waals surface area (Å²) < 4.78 is 19.4. The number of pyridine rings is 1. The third-order valence-electron chi connectivity index (χ3n) is 7.29. The molecule has 0 aliphatic carbocycles. The third kappa shape index (κ3) is 5.22. The number of fused-ring (bicyclic) bond motifs is 1. The molecular formula is C27H32N6O4. The van der Waals surface area contributed by atoms with Crippen molar-refractivity contribution in [2.24, 2.45) is 0 Å². The summed E-state index contributed by atoms with van der Waals surface area (Å²) in [5, 5.41) is 13.8. The molecule has 3 aromatic heterocycles. The standard InChI is InChI=1S/C27H32N6O4/c1-18-8-9-24-19(13-18)14-23(27(34)28-24)25(26-29-30-31-33(26)17-22-7-4-12-37-22)32(15-20-5-2-10-35-20)16-21-6-3-11-36-21/h2,5,8-10,13-14,21-22,25H,3-4,6-7,11-12,15-17H2,1H3,(H,28,34)/t21-,22+,25-/m1/s1. The van der Waals surface area contributed by atoms with E-state index in [1.807, 2.05) is 37.3 Å². The SMILES string of the molecule is Cc1ccc2[nH]c(=O)c([C@H](c3nnnn3C[C@@H]3CCCO3)N(Cc3ccco3)C[C@H]3CCCO3)cc2c1. The first kappa shape index (κ1) is 24.0. The van der Waals surface area contributed by atoms with Gasteiger partial charge in [-0.2, -0.15) is 0 Å². The van der Waals surface area contributed by atoms with Gasteiger partial charge in [0.1, 0.15) is 11.8 Å². The summed E-state index contributed by atoms with van der Waals surface area (Å²) in [7, 11) is 0. The lowest BCUT2D eigenvalue weighted by atomic mass is 10.0. The Morgan fingerprint density at radius 3 is 2.73 bits per heavy atom. The largest absolute Gasteiger partial charge is 0.468 e. The Morgan fingerprint density at radius 2 is 1.97 bits per heavy atom. The number of hydrogen-bond acceptors (Lipinski definition) is 8. The smallest absolute Gasteiger partial charge is 0.253 e. The minimum Gasteiger partial charge on any atom is -0.468 e. The Labute approximate surface area is 214 Å². The molecule has 1 N–H and O–H groups in total. The van der Waals surface area contributed by atoms with Crippen LogP contribution in [-0.2, 0) is 22.6 Å². The number of nitrogens with zero attached hydrogens (tertiary/aromatic N) is 5. The van der Waals surface area contributed by atoms with Crippen molar-refractivity contribution in [2.45, 2.75) is 63.9 Å². The van der Waals surface area contributed by atoms with E-state index in [0.717, 1.165) is 61.1 Å². The van der Waals surface area contributed by atoms with Crippen LogP contribution in [-0.4, -0.2) is 62.1 Å². The molecule has 4 aromatic rings. The molecule has 0 bridgehead atoms. The van der Waals surface area contributed by atoms with Crippen molar-refractivity contribution >= 4 is 10.9 Å². The molecule has 194 valence electrons. The molecule has 10 heteroatoms. The molecule has 0 saturated carbocycles. The second-order valence-electron chi connectivity index (χ2n) is 10.0. The Kier molecular flexibility index (Phi) is 6.86. The highest BCUT2D eigenvalue weighted by Crippen LogP contribution is 2.31. The summed E-state index contributed by atoms with van der Waals surface area (Å²) in [5.74, 6) is 1.41. The van der Waals surface area contributed by atoms with Crippen LogP contribution in [0.15, 0.2) is 51.9 Å². The van der Waals surface area contributed by atoms with Crippen LogP contribution in [0.25, 0.3) is 10.9 Å². The minimum absolute atomic E-state index is 0.0529. The normalized spacial score (nSPS) is 20.8. The minimum atomic E-state index is -0.514. The fourth-order valence-corrected chi connectivity index (χ4v) is 5.48. The van der Waals surface area contributed by atoms with Gasteiger partial charge >= 0.3 is 0 Å². The van der Waals surface area contributed by atoms with E-state index in [4.69, 9.17) is 13.9 Å². The maximum Gasteiger partial charge on any atom is 0.253 e. The zero-order chi connectivity index (χ0) is 25.2. The number of nitrogens with one attached hydrogen (secondary N) is 1. The van der Waals surface area contributed by atoms with Gasteiger partial charge in [-0.25, -0.2) is 4.68 Å². The molecule has 2 aliphatic rings. The van der Waals surface area contributed by atoms with Crippen molar-refractivity contribution in [2.75, 3.05) is 19.8 Å². The molecule has 0 spiro atoms. The van der Waals surface area contributed by atoms with Gasteiger partial charge < -0.3 is 18.9 Å². The van der Waals surface area contributed by atoms with E-state index in [1.54, 1.807) is 10.9 Å². The van der Waals surface area contributed by atoms with Crippen molar-refractivity contribution in [3.8, 4) is 0 Å². The number of hydrogen-bond donors (Lipinski definition) is 1. The van der Waals surface area contributed by atoms with E-state index in [2.05, 4.69) is 31.5 Å². The van der Waals surface area contributed by atoms with Crippen molar-refractivity contribution < 1.29 is 13.9 Å². The van der Waals surface area contributed by atoms with Gasteiger partial charge in [-0.05, 0) is 78.8 Å². The fraction of sp³-hybridized carbons (Fsp3) is 0.481. The average molecular weight is 505 g/mol. The predicted molar refractivity (Wildman–Crippen MR) is 136 cm³/mol. The van der Waals surface area contributed by atoms with Gasteiger partial charge in [0.15, 0.2) is 5.82 Å². The average Bonchev–Trinajstić information content (AvgIpc) is 3.70. The summed E-state index contributed by atoms with van der Waals surface area (Å²) >= 11 is 0. The molecule has 2 saturated heterocycles. The van der Waals surface area contributed by atoms with E-state index >= 15 is 0 Å². The van der Waals surface area contributed by atoms with E-state index < -0.39 is 6.04 Å². The molecule has 6 rings (SSSR count). The van der Waals surface area contributed by atoms with Gasteiger partial charge in [0, 0.05) is 30.8 Å². The number of benzene rings is 1. The maximum absolute atomic E-state index is 13.6. The zero-order valence-electron chi connectivity index (χ0n) is 21.0. The lowest BCUT2D eigenvalue weighted by Gasteiger charge is -2.32. The lowest BCUT2D eigenvalue weighted by Crippen LogP contribution is -2.39. The first-order valence-electron chi connectivity index (χ1n) is 13.0. The fourth-order valence-electron chi connectivity index (χ4n) is 5.48. The number of aromatic amines is 1. The number of tetrazole rings is 1. The van der Waals surface area contributed by atoms with Crippen LogP contribution >= 0.6 is 0 Å². The first-order chi connectivity index (χ1) is 18.1. The Bertz CT molecular complexity index is 1390. The highest BCUT2D eigenvalue weighted by atomic mass is 16.5. The molecule has 2 fully saturated rings. The van der Waals surface area contributed by atoms with Gasteiger partial charge in [-0.1, -0.05) is 11.6 Å². The van der Waals surface area contributed by atoms with Crippen LogP contribution in [0.5, 0.6) is 0 Å². The molecule has 5 heterocycles. The highest BCUT2D eigenvalue weighted by molar-refractivity contribution is 5.79. The Morgan fingerprint density at radius 1 is 1.14 bits per heavy atom. The quantitative estimate of drug-likeness (QED) is 0.369. The van der Waals surface area contributed by atoms with E-state index in [1.165, 1.54) is 0 Å². The van der Waals surface area contributed by atoms with Crippen LogP contribution in [0.3, 0.4) is 0 Å². The second-order valence-corrected chi connectivity index (χ2v) is 10.0. The maximum atomic E-state index is 13.6. The topological polar surface area (TPSA) is 111 Å². The summed E-state index contributed by atoms with van der Waals surface area (Å²) in [4.78, 5) is 18.9. The van der Waals surface area contributed by atoms with Gasteiger partial charge in [0.2, 0.25) is 0 Å². The van der Waals surface area contributed by atoms with Crippen LogP contribution in [0.1, 0.15) is 54.4 Å². The summed E-state index contributed by atoms with van der Waals surface area (Å²) in [5.41, 5.74) is 2.35. The summed E-state index contributed by atoms with van der Waals surface area (Å²) in [6.07, 6.45) is 5.76. The molecule has 3 atom stereocenters. The monoisotopic (exact) mass is 504 g/mol. The van der Waals surface area contributed by atoms with Crippen molar-refractivity contribution in [3.05, 3.63) is 75.7 Å². The van der Waals surface area contributed by atoms with E-state index in [-0.39, 0.29) is 17.8 Å². The van der Waals surface area contributed by atoms with Crippen molar-refractivity contribution in [1.29, 1.82) is 0 Å². The summed E-state index contributed by atoms with van der Waals surface area (Å²) in [6, 6.07) is 11.3. The Balaban J connectivity index is 1.47. The van der Waals surface area contributed by atoms with Crippen molar-refractivity contribution in [3.63, 3.8) is 0 Å². The lowest BCUT2D eigenvalue weighted by molar-refractivity contribution is 0.0528. The number of furan rings is 1. The van der Waals surface area contributed by atoms with Crippen LogP contribution < -0.4 is 5.56 Å². The zero-order valence-corrected chi connectivity index (χ0v) is 21.0. The molecule has 10 nitrogen and oxygen atoms in total. The molecule has 0 amide bonds. The number of ether oxygens (including phenoxy) is 2. The predicted octanol–water partition coefficient (Wildman–Crippen LogP) is 3.37. The van der Waals surface area contributed by atoms with Gasteiger partial charge in [-0.15, -0.1) is 5.10 Å². The van der Waals surface area contributed by atoms with Crippen LogP contribution in [0, 0.1) is 6.92 Å². The highest BCUT2D eigenvalue weighted by Gasteiger charge is 2.34. The van der Waals surface area contributed by atoms with E-state index in [0.29, 0.717) is 31.0 Å². The van der Waals surface area contributed by atoms with Crippen LogP contribution in [0.2, 0.25) is 0 Å². The van der Waals surface area contributed by atoms with E-state index in [9.17, 15) is 4.79 Å². The third-order valence-corrected chi connectivity index (χ3v) is 7.29. The van der Waals surface area contributed by atoms with Gasteiger partial charge in [-0.3, -0.25) is 9.69 Å². The molecule has 37 heavy (non-hydrogen) atoms. The van der Waals surface area contributed by atoms with Crippen molar-refractivity contribution in [1.82, 2.24) is 30.1 Å². The van der Waals surface area contributed by atoms with Gasteiger partial charge in [0.25, 0.3) is 5.56 Å². The Hall–Kier alpha value is -3.34. The molecular weight excluding hydrogens is 472 g/mol. The second kappa shape index (κ2) is 10.6. The molecule has 2 aliphatic heterocycles. The molecule has 0 radical (unpaired) electrons. The number of H-pyrrole nitrogens is 1. The molecule has 1 aromatic carbocycles. The number of aryl methyl sites for hydroxylation is 1. The molecule has 0 unspecified atom stereocenters. The number of aromatic nitrogens is 5.